The third kappa shape index (κ3) is 4.39. The summed E-state index contributed by atoms with van der Waals surface area (Å²) in [5.41, 5.74) is 0.677. The first-order valence-electron chi connectivity index (χ1n) is 7.16. The second-order valence-electron chi connectivity index (χ2n) is 5.40. The minimum absolute atomic E-state index is 0.0258. The zero-order chi connectivity index (χ0) is 18.2. The van der Waals surface area contributed by atoms with Crippen LogP contribution < -0.4 is 9.47 Å². The van der Waals surface area contributed by atoms with Crippen molar-refractivity contribution in [2.45, 2.75) is 25.1 Å². The minimum Gasteiger partial charge on any atom is -0.456 e. The Balaban J connectivity index is 1.87. The molecule has 0 unspecified atom stereocenters. The van der Waals surface area contributed by atoms with Crippen molar-refractivity contribution in [1.82, 2.24) is 4.98 Å². The summed E-state index contributed by atoms with van der Waals surface area (Å²) in [5.74, 6) is -2.03. The van der Waals surface area contributed by atoms with Crippen molar-refractivity contribution < 1.29 is 31.8 Å². The Morgan fingerprint density at radius 3 is 2.48 bits per heavy atom. The van der Waals surface area contributed by atoms with Crippen LogP contribution in [0.1, 0.15) is 34.8 Å². The predicted octanol–water partition coefficient (Wildman–Crippen LogP) is 5.17. The van der Waals surface area contributed by atoms with Gasteiger partial charge in [0.2, 0.25) is 0 Å². The van der Waals surface area contributed by atoms with E-state index in [0.29, 0.717) is 5.69 Å². The third-order valence-electron chi connectivity index (χ3n) is 3.45. The fourth-order valence-electron chi connectivity index (χ4n) is 2.17. The van der Waals surface area contributed by atoms with Gasteiger partial charge in [-0.25, -0.2) is 4.39 Å². The largest absolute Gasteiger partial charge is 0.573 e. The first-order chi connectivity index (χ1) is 11.7. The summed E-state index contributed by atoms with van der Waals surface area (Å²) < 4.78 is 59.2. The molecule has 1 aromatic carbocycles. The summed E-state index contributed by atoms with van der Waals surface area (Å²) in [4.78, 5) is 15.6. The number of pyridine rings is 1. The molecule has 0 aliphatic heterocycles. The molecule has 1 fully saturated rings. The van der Waals surface area contributed by atoms with E-state index in [1.807, 2.05) is 0 Å². The van der Waals surface area contributed by atoms with Gasteiger partial charge in [-0.2, -0.15) is 0 Å². The highest BCUT2D eigenvalue weighted by atomic mass is 35.5. The van der Waals surface area contributed by atoms with Crippen LogP contribution in [-0.4, -0.2) is 16.6 Å². The number of carbonyl (C=O) groups excluding carboxylic acids is 1. The van der Waals surface area contributed by atoms with Crippen LogP contribution in [0.15, 0.2) is 30.5 Å². The smallest absolute Gasteiger partial charge is 0.456 e. The van der Waals surface area contributed by atoms with Gasteiger partial charge in [0.1, 0.15) is 11.5 Å². The topological polar surface area (TPSA) is 48.4 Å². The highest BCUT2D eigenvalue weighted by Crippen LogP contribution is 2.41. The number of ether oxygens (including phenoxy) is 2. The van der Waals surface area contributed by atoms with Gasteiger partial charge < -0.3 is 9.47 Å². The minimum atomic E-state index is -5.01. The van der Waals surface area contributed by atoms with Crippen LogP contribution >= 0.6 is 11.6 Å². The molecule has 1 aliphatic rings. The number of rotatable bonds is 5. The average molecular weight is 376 g/mol. The molecule has 0 saturated heterocycles. The van der Waals surface area contributed by atoms with Gasteiger partial charge in [-0.3, -0.25) is 9.78 Å². The first kappa shape index (κ1) is 17.5. The molecule has 132 valence electrons. The van der Waals surface area contributed by atoms with Crippen molar-refractivity contribution in [3.05, 3.63) is 47.5 Å². The van der Waals surface area contributed by atoms with Gasteiger partial charge in [-0.15, -0.1) is 13.2 Å². The summed E-state index contributed by atoms with van der Waals surface area (Å²) in [6.45, 7) is 0. The van der Waals surface area contributed by atoms with Crippen molar-refractivity contribution in [3.63, 3.8) is 0 Å². The number of hydrogen-bond donors (Lipinski definition) is 0. The molecule has 1 aliphatic carbocycles. The van der Waals surface area contributed by atoms with Gasteiger partial charge in [0.25, 0.3) is 5.24 Å². The van der Waals surface area contributed by atoms with Crippen molar-refractivity contribution in [3.8, 4) is 17.2 Å². The quantitative estimate of drug-likeness (QED) is 0.534. The maximum atomic E-state index is 13.7. The van der Waals surface area contributed by atoms with Gasteiger partial charge in [0, 0.05) is 29.9 Å². The average Bonchev–Trinajstić information content (AvgIpc) is 3.33. The van der Waals surface area contributed by atoms with Crippen LogP contribution in [0.3, 0.4) is 0 Å². The Morgan fingerprint density at radius 2 is 1.92 bits per heavy atom. The molecule has 1 aromatic heterocycles. The monoisotopic (exact) mass is 375 g/mol. The van der Waals surface area contributed by atoms with Crippen LogP contribution in [0, 0.1) is 5.82 Å². The zero-order valence-corrected chi connectivity index (χ0v) is 13.2. The molecule has 1 saturated carbocycles. The summed E-state index contributed by atoms with van der Waals surface area (Å²) in [7, 11) is 0. The van der Waals surface area contributed by atoms with Gasteiger partial charge in [-0.1, -0.05) is 0 Å². The molecule has 0 bridgehead atoms. The fourth-order valence-corrected chi connectivity index (χ4v) is 2.31. The van der Waals surface area contributed by atoms with Crippen LogP contribution in [0.5, 0.6) is 17.2 Å². The lowest BCUT2D eigenvalue weighted by Crippen LogP contribution is -2.17. The lowest BCUT2D eigenvalue weighted by Gasteiger charge is -2.13. The van der Waals surface area contributed by atoms with Crippen molar-refractivity contribution in [1.29, 1.82) is 0 Å². The van der Waals surface area contributed by atoms with E-state index in [-0.39, 0.29) is 23.0 Å². The maximum absolute atomic E-state index is 13.7. The second-order valence-corrected chi connectivity index (χ2v) is 5.74. The molecule has 0 amide bonds. The van der Waals surface area contributed by atoms with Crippen LogP contribution in [0.25, 0.3) is 0 Å². The Bertz CT molecular complexity index is 822. The molecular weight excluding hydrogens is 366 g/mol. The summed E-state index contributed by atoms with van der Waals surface area (Å²) in [6, 6.07) is 4.11. The molecule has 0 spiro atoms. The van der Waals surface area contributed by atoms with E-state index in [9.17, 15) is 22.4 Å². The highest BCUT2D eigenvalue weighted by Gasteiger charge is 2.32. The Labute approximate surface area is 144 Å². The number of hydrogen-bond acceptors (Lipinski definition) is 4. The number of halogens is 5. The molecule has 3 rings (SSSR count). The molecule has 25 heavy (non-hydrogen) atoms. The third-order valence-corrected chi connectivity index (χ3v) is 3.65. The molecular formula is C16H10ClF4NO3. The number of aromatic nitrogens is 1. The van der Waals surface area contributed by atoms with Gasteiger partial charge in [0.15, 0.2) is 11.6 Å². The lowest BCUT2D eigenvalue weighted by atomic mass is 10.2. The van der Waals surface area contributed by atoms with Crippen molar-refractivity contribution in [2.24, 2.45) is 0 Å². The van der Waals surface area contributed by atoms with E-state index >= 15 is 0 Å². The standard InChI is InChI=1S/C16H10ClF4NO3/c17-15(23)10-7-22-12(8-1-2-8)6-14(10)24-9-3-4-13(11(18)5-9)25-16(19,20)21/h3-8H,1-2H2. The number of carbonyl (C=O) groups is 1. The van der Waals surface area contributed by atoms with E-state index in [1.165, 1.54) is 12.3 Å². The van der Waals surface area contributed by atoms with Crippen molar-refractivity contribution >= 4 is 16.8 Å². The van der Waals surface area contributed by atoms with Crippen LogP contribution in [-0.2, 0) is 0 Å². The fraction of sp³-hybridized carbons (Fsp3) is 0.250. The Kier molecular flexibility index (Phi) is 4.55. The number of nitrogens with zero attached hydrogens (tertiary/aromatic N) is 1. The van der Waals surface area contributed by atoms with Gasteiger partial charge in [0.05, 0.1) is 5.56 Å². The van der Waals surface area contributed by atoms with Gasteiger partial charge in [-0.05, 0) is 36.6 Å². The number of benzene rings is 1. The van der Waals surface area contributed by atoms with E-state index in [1.54, 1.807) is 0 Å². The number of alkyl halides is 3. The van der Waals surface area contributed by atoms with E-state index in [2.05, 4.69) is 9.72 Å². The lowest BCUT2D eigenvalue weighted by molar-refractivity contribution is -0.275. The van der Waals surface area contributed by atoms with Crippen molar-refractivity contribution in [2.75, 3.05) is 0 Å². The Morgan fingerprint density at radius 1 is 1.20 bits per heavy atom. The SMILES string of the molecule is O=C(Cl)c1cnc(C2CC2)cc1Oc1ccc(OC(F)(F)F)c(F)c1. The molecule has 0 radical (unpaired) electrons. The van der Waals surface area contributed by atoms with Gasteiger partial charge >= 0.3 is 6.36 Å². The summed E-state index contributed by atoms with van der Waals surface area (Å²) in [5, 5.41) is -0.817. The van der Waals surface area contributed by atoms with Crippen LogP contribution in [0.2, 0.25) is 0 Å². The molecule has 2 aromatic rings. The molecule has 0 atom stereocenters. The Hall–Kier alpha value is -2.35. The van der Waals surface area contributed by atoms with E-state index in [0.717, 1.165) is 31.0 Å². The highest BCUT2D eigenvalue weighted by molar-refractivity contribution is 6.68. The first-order valence-corrected chi connectivity index (χ1v) is 7.53. The van der Waals surface area contributed by atoms with E-state index in [4.69, 9.17) is 16.3 Å². The normalized spacial score (nSPS) is 14.3. The molecule has 9 heteroatoms. The maximum Gasteiger partial charge on any atom is 0.573 e. The van der Waals surface area contributed by atoms with E-state index < -0.39 is 23.2 Å². The summed E-state index contributed by atoms with van der Waals surface area (Å²) in [6.07, 6.45) is -1.83. The predicted molar refractivity (Wildman–Crippen MR) is 79.6 cm³/mol. The zero-order valence-electron chi connectivity index (χ0n) is 12.4. The van der Waals surface area contributed by atoms with Crippen LogP contribution in [0.4, 0.5) is 17.6 Å². The summed E-state index contributed by atoms with van der Waals surface area (Å²) >= 11 is 5.47. The second kappa shape index (κ2) is 6.51. The molecule has 1 heterocycles. The molecule has 4 nitrogen and oxygen atoms in total. The molecule has 0 N–H and O–H groups in total.